The number of likely N-dealkylation sites (N-methyl/N-ethyl adjacent to an activating group) is 1. The monoisotopic (exact) mass is 569 g/mol. The molecule has 1 atom stereocenters. The number of benzene rings is 1. The number of anilines is 2. The second-order valence-electron chi connectivity index (χ2n) is 10.1. The fraction of sp³-hybridized carbons (Fsp3) is 0.464. The molecule has 11 nitrogen and oxygen atoms in total. The van der Waals surface area contributed by atoms with Gasteiger partial charge >= 0.3 is 0 Å². The second-order valence-corrected chi connectivity index (χ2v) is 10.6. The van der Waals surface area contributed by atoms with E-state index in [1.54, 1.807) is 41.3 Å². The van der Waals surface area contributed by atoms with E-state index in [4.69, 9.17) is 11.6 Å². The number of piperazine rings is 1. The van der Waals surface area contributed by atoms with Gasteiger partial charge in [-0.2, -0.15) is 0 Å². The molecular weight excluding hydrogens is 534 g/mol. The van der Waals surface area contributed by atoms with Gasteiger partial charge in [0.05, 0.1) is 11.4 Å². The molecule has 0 bridgehead atoms. The van der Waals surface area contributed by atoms with Crippen LogP contribution >= 0.6 is 11.6 Å². The van der Waals surface area contributed by atoms with Crippen molar-refractivity contribution in [2.45, 2.75) is 31.7 Å². The van der Waals surface area contributed by atoms with E-state index in [-0.39, 0.29) is 18.1 Å². The van der Waals surface area contributed by atoms with Crippen LogP contribution in [-0.4, -0.2) is 97.3 Å². The number of hydrogen-bond donors (Lipinski definition) is 3. The first-order chi connectivity index (χ1) is 19.3. The van der Waals surface area contributed by atoms with Crippen molar-refractivity contribution in [3.8, 4) is 0 Å². The second kappa shape index (κ2) is 14.2. The van der Waals surface area contributed by atoms with Gasteiger partial charge in [-0.3, -0.25) is 24.1 Å². The topological polar surface area (TPSA) is 127 Å². The van der Waals surface area contributed by atoms with Crippen LogP contribution in [0.5, 0.6) is 0 Å². The number of hydrogen-bond acceptors (Lipinski definition) is 7. The van der Waals surface area contributed by atoms with Crippen molar-refractivity contribution in [1.82, 2.24) is 25.4 Å². The molecule has 2 aliphatic heterocycles. The number of piperidine rings is 1. The highest BCUT2D eigenvalue weighted by molar-refractivity contribution is 6.30. The van der Waals surface area contributed by atoms with Crippen LogP contribution < -0.4 is 20.9 Å². The summed E-state index contributed by atoms with van der Waals surface area (Å²) < 4.78 is 0. The van der Waals surface area contributed by atoms with Crippen molar-refractivity contribution in [2.75, 3.05) is 63.1 Å². The van der Waals surface area contributed by atoms with Crippen molar-refractivity contribution in [3.63, 3.8) is 0 Å². The number of nitrogens with zero attached hydrogens (tertiary/aromatic N) is 4. The maximum atomic E-state index is 13.1. The SMILES string of the molecule is CN1CCN(CCNC(=O)C(CC(=O)Nc2ccc(Cl)cn2)NC(=O)c2ccc(N3CCCCC3=O)cc2)CC1. The van der Waals surface area contributed by atoms with Gasteiger partial charge in [-0.1, -0.05) is 11.6 Å². The van der Waals surface area contributed by atoms with Crippen molar-refractivity contribution in [2.24, 2.45) is 0 Å². The zero-order valence-electron chi connectivity index (χ0n) is 22.7. The lowest BCUT2D eigenvalue weighted by Crippen LogP contribution is -2.51. The Kier molecular flexibility index (Phi) is 10.5. The van der Waals surface area contributed by atoms with Gasteiger partial charge in [-0.25, -0.2) is 4.98 Å². The molecule has 3 heterocycles. The van der Waals surface area contributed by atoms with E-state index in [1.165, 1.54) is 6.20 Å². The smallest absolute Gasteiger partial charge is 0.251 e. The maximum absolute atomic E-state index is 13.1. The number of aromatic nitrogens is 1. The highest BCUT2D eigenvalue weighted by Gasteiger charge is 2.26. The van der Waals surface area contributed by atoms with Crippen LogP contribution in [0.1, 0.15) is 36.0 Å². The number of nitrogens with one attached hydrogen (secondary N) is 3. The van der Waals surface area contributed by atoms with Crippen LogP contribution in [-0.2, 0) is 14.4 Å². The van der Waals surface area contributed by atoms with Crippen molar-refractivity contribution in [1.29, 1.82) is 0 Å². The Bertz CT molecular complexity index is 1180. The largest absolute Gasteiger partial charge is 0.353 e. The number of rotatable bonds is 10. The fourth-order valence-electron chi connectivity index (χ4n) is 4.68. The van der Waals surface area contributed by atoms with Crippen LogP contribution in [0.2, 0.25) is 5.02 Å². The molecule has 2 aliphatic rings. The van der Waals surface area contributed by atoms with Crippen molar-refractivity contribution >= 4 is 46.7 Å². The molecule has 4 rings (SSSR count). The highest BCUT2D eigenvalue weighted by atomic mass is 35.5. The van der Waals surface area contributed by atoms with E-state index in [9.17, 15) is 19.2 Å². The van der Waals surface area contributed by atoms with Crippen LogP contribution in [0.15, 0.2) is 42.6 Å². The summed E-state index contributed by atoms with van der Waals surface area (Å²) in [6.07, 6.45) is 3.46. The molecule has 4 amide bonds. The van der Waals surface area contributed by atoms with E-state index in [0.29, 0.717) is 36.6 Å². The minimum atomic E-state index is -1.10. The predicted molar refractivity (Wildman–Crippen MR) is 153 cm³/mol. The summed E-state index contributed by atoms with van der Waals surface area (Å²) in [5, 5.41) is 8.64. The number of pyridine rings is 1. The Balaban J connectivity index is 1.38. The Hall–Kier alpha value is -3.54. The number of carbonyl (C=O) groups excluding carboxylic acids is 4. The summed E-state index contributed by atoms with van der Waals surface area (Å²) in [5.41, 5.74) is 1.05. The third-order valence-corrected chi connectivity index (χ3v) is 7.32. The number of amides is 4. The van der Waals surface area contributed by atoms with E-state index >= 15 is 0 Å². The third-order valence-electron chi connectivity index (χ3n) is 7.09. The fourth-order valence-corrected chi connectivity index (χ4v) is 4.80. The predicted octanol–water partition coefficient (Wildman–Crippen LogP) is 1.74. The first-order valence-corrected chi connectivity index (χ1v) is 14.0. The molecule has 0 aliphatic carbocycles. The van der Waals surface area contributed by atoms with Crippen molar-refractivity contribution < 1.29 is 19.2 Å². The van der Waals surface area contributed by atoms with Gasteiger partial charge in [-0.05, 0) is 56.3 Å². The zero-order chi connectivity index (χ0) is 28.5. The molecule has 2 aromatic rings. The Morgan fingerprint density at radius 2 is 1.75 bits per heavy atom. The van der Waals surface area contributed by atoms with Gasteiger partial charge in [0.25, 0.3) is 5.91 Å². The third kappa shape index (κ3) is 8.48. The molecule has 0 spiro atoms. The zero-order valence-corrected chi connectivity index (χ0v) is 23.5. The average molecular weight is 570 g/mol. The summed E-state index contributed by atoms with van der Waals surface area (Å²) in [5.74, 6) is -1.06. The molecule has 0 saturated carbocycles. The highest BCUT2D eigenvalue weighted by Crippen LogP contribution is 2.21. The van der Waals surface area contributed by atoms with E-state index in [0.717, 1.165) is 44.7 Å². The van der Waals surface area contributed by atoms with Gasteiger partial charge in [0.1, 0.15) is 11.9 Å². The van der Waals surface area contributed by atoms with Crippen LogP contribution in [0.25, 0.3) is 0 Å². The molecule has 1 unspecified atom stereocenters. The lowest BCUT2D eigenvalue weighted by molar-refractivity contribution is -0.126. The van der Waals surface area contributed by atoms with E-state index in [1.807, 2.05) is 0 Å². The quantitative estimate of drug-likeness (QED) is 0.398. The van der Waals surface area contributed by atoms with Gasteiger partial charge in [0.2, 0.25) is 17.7 Å². The Morgan fingerprint density at radius 1 is 1.00 bits per heavy atom. The standard InChI is InChI=1S/C28H36ClN7O4/c1-34-14-16-35(17-15-34)13-11-30-28(40)23(18-25(37)33-24-10-7-21(29)19-31-24)32-27(39)20-5-8-22(9-6-20)36-12-3-2-4-26(36)38/h5-10,19,23H,2-4,11-18H2,1H3,(H,30,40)(H,32,39)(H,31,33,37). The van der Waals surface area contributed by atoms with E-state index < -0.39 is 23.8 Å². The number of carbonyl (C=O) groups is 4. The summed E-state index contributed by atoms with van der Waals surface area (Å²) in [6.45, 7) is 5.50. The molecular formula is C28H36ClN7O4. The first kappa shape index (κ1) is 29.4. The lowest BCUT2D eigenvalue weighted by atomic mass is 10.1. The van der Waals surface area contributed by atoms with Crippen LogP contribution in [0, 0.1) is 0 Å². The number of halogens is 1. The van der Waals surface area contributed by atoms with Gasteiger partial charge in [0.15, 0.2) is 0 Å². The molecule has 1 aromatic carbocycles. The summed E-state index contributed by atoms with van der Waals surface area (Å²) in [7, 11) is 2.08. The van der Waals surface area contributed by atoms with Crippen molar-refractivity contribution in [3.05, 3.63) is 53.2 Å². The summed E-state index contributed by atoms with van der Waals surface area (Å²) in [6, 6.07) is 8.73. The molecule has 0 radical (unpaired) electrons. The molecule has 2 fully saturated rings. The van der Waals surface area contributed by atoms with Gasteiger partial charge in [-0.15, -0.1) is 0 Å². The van der Waals surface area contributed by atoms with Crippen LogP contribution in [0.3, 0.4) is 0 Å². The van der Waals surface area contributed by atoms with Crippen LogP contribution in [0.4, 0.5) is 11.5 Å². The Morgan fingerprint density at radius 3 is 2.42 bits per heavy atom. The van der Waals surface area contributed by atoms with E-state index in [2.05, 4.69) is 37.8 Å². The minimum absolute atomic E-state index is 0.0675. The summed E-state index contributed by atoms with van der Waals surface area (Å²) >= 11 is 5.86. The van der Waals surface area contributed by atoms with Gasteiger partial charge < -0.3 is 25.8 Å². The normalized spacial score (nSPS) is 17.2. The maximum Gasteiger partial charge on any atom is 0.251 e. The molecule has 214 valence electrons. The molecule has 40 heavy (non-hydrogen) atoms. The first-order valence-electron chi connectivity index (χ1n) is 13.6. The lowest BCUT2D eigenvalue weighted by Gasteiger charge is -2.32. The van der Waals surface area contributed by atoms with Gasteiger partial charge in [0, 0.05) is 69.7 Å². The molecule has 2 saturated heterocycles. The molecule has 12 heteroatoms. The minimum Gasteiger partial charge on any atom is -0.353 e. The molecule has 1 aromatic heterocycles. The Labute approximate surface area is 239 Å². The average Bonchev–Trinajstić information content (AvgIpc) is 2.95. The summed E-state index contributed by atoms with van der Waals surface area (Å²) in [4.78, 5) is 61.5. The molecule has 3 N–H and O–H groups in total.